The molecule has 2 rings (SSSR count). The van der Waals surface area contributed by atoms with Crippen LogP contribution >= 0.6 is 11.6 Å². The summed E-state index contributed by atoms with van der Waals surface area (Å²) in [6, 6.07) is 5.40. The third-order valence-corrected chi connectivity index (χ3v) is 4.29. The molecule has 2 amide bonds. The number of hydrogen-bond donors (Lipinski definition) is 0. The zero-order valence-corrected chi connectivity index (χ0v) is 14.6. The van der Waals surface area contributed by atoms with Gasteiger partial charge in [-0.15, -0.1) is 0 Å². The van der Waals surface area contributed by atoms with E-state index >= 15 is 0 Å². The second-order valence-corrected chi connectivity index (χ2v) is 6.15. The number of rotatable bonds is 6. The molecular weight excluding hydrogens is 316 g/mol. The Morgan fingerprint density at radius 1 is 1.43 bits per heavy atom. The van der Waals surface area contributed by atoms with Crippen molar-refractivity contribution in [2.75, 3.05) is 26.7 Å². The smallest absolute Gasteiger partial charge is 0.228 e. The maximum absolute atomic E-state index is 12.6. The lowest BCUT2D eigenvalue weighted by atomic mass is 10.1. The van der Waals surface area contributed by atoms with Gasteiger partial charge in [0, 0.05) is 43.7 Å². The van der Waals surface area contributed by atoms with Gasteiger partial charge in [0.1, 0.15) is 5.75 Å². The summed E-state index contributed by atoms with van der Waals surface area (Å²) in [6.45, 7) is 5.95. The van der Waals surface area contributed by atoms with Crippen molar-refractivity contribution in [3.63, 3.8) is 0 Å². The summed E-state index contributed by atoms with van der Waals surface area (Å²) in [6.07, 6.45) is 0.297. The Morgan fingerprint density at radius 2 is 2.17 bits per heavy atom. The summed E-state index contributed by atoms with van der Waals surface area (Å²) in [5.74, 6) is 0.505. The minimum absolute atomic E-state index is 0.0169. The molecule has 1 atom stereocenters. The second kappa shape index (κ2) is 7.68. The van der Waals surface area contributed by atoms with Crippen LogP contribution in [0.5, 0.6) is 5.75 Å². The van der Waals surface area contributed by atoms with E-state index in [1.165, 1.54) is 0 Å². The molecule has 0 radical (unpaired) electrons. The minimum Gasteiger partial charge on any atom is -0.494 e. The quantitative estimate of drug-likeness (QED) is 0.801. The minimum atomic E-state index is -0.262. The molecule has 126 valence electrons. The molecule has 0 bridgehead atoms. The number of likely N-dealkylation sites (tertiary alicyclic amines) is 1. The summed E-state index contributed by atoms with van der Waals surface area (Å²) in [5.41, 5.74) is 0.867. The van der Waals surface area contributed by atoms with Gasteiger partial charge in [-0.2, -0.15) is 0 Å². The van der Waals surface area contributed by atoms with Crippen LogP contribution in [0.2, 0.25) is 5.02 Å². The predicted molar refractivity (Wildman–Crippen MR) is 89.5 cm³/mol. The average Bonchev–Trinajstić information content (AvgIpc) is 2.90. The van der Waals surface area contributed by atoms with E-state index < -0.39 is 0 Å². The van der Waals surface area contributed by atoms with Gasteiger partial charge < -0.3 is 14.5 Å². The van der Waals surface area contributed by atoms with Crippen molar-refractivity contribution in [1.29, 1.82) is 0 Å². The van der Waals surface area contributed by atoms with Crippen molar-refractivity contribution in [3.8, 4) is 5.75 Å². The molecule has 1 fully saturated rings. The van der Waals surface area contributed by atoms with Gasteiger partial charge >= 0.3 is 0 Å². The van der Waals surface area contributed by atoms with Crippen LogP contribution < -0.4 is 4.74 Å². The van der Waals surface area contributed by atoms with Crippen LogP contribution in [0, 0.1) is 5.92 Å². The maximum Gasteiger partial charge on any atom is 0.228 e. The molecular formula is C17H23ClN2O3. The van der Waals surface area contributed by atoms with Gasteiger partial charge in [-0.1, -0.05) is 11.6 Å². The summed E-state index contributed by atoms with van der Waals surface area (Å²) in [7, 11) is 1.75. The Balaban J connectivity index is 2.07. The molecule has 6 heteroatoms. The van der Waals surface area contributed by atoms with E-state index in [0.29, 0.717) is 37.7 Å². The van der Waals surface area contributed by atoms with Crippen molar-refractivity contribution in [1.82, 2.24) is 9.80 Å². The molecule has 0 aromatic heterocycles. The number of halogens is 1. The number of benzene rings is 1. The number of ether oxygens (including phenoxy) is 1. The van der Waals surface area contributed by atoms with Gasteiger partial charge in [-0.25, -0.2) is 0 Å². The molecule has 1 heterocycles. The number of nitrogens with zero attached hydrogens (tertiary/aromatic N) is 2. The molecule has 0 spiro atoms. The molecule has 0 N–H and O–H groups in total. The second-order valence-electron chi connectivity index (χ2n) is 5.71. The molecule has 1 aliphatic heterocycles. The molecule has 23 heavy (non-hydrogen) atoms. The summed E-state index contributed by atoms with van der Waals surface area (Å²) < 4.78 is 5.59. The first-order valence-electron chi connectivity index (χ1n) is 7.90. The first-order chi connectivity index (χ1) is 11.0. The SMILES string of the molecule is CCOc1ccc(Cl)cc1CN(C)C(=O)C1CC(=O)N(CC)C1. The van der Waals surface area contributed by atoms with E-state index in [9.17, 15) is 9.59 Å². The van der Waals surface area contributed by atoms with Crippen LogP contribution in [0.4, 0.5) is 0 Å². The van der Waals surface area contributed by atoms with Gasteiger partial charge in [-0.3, -0.25) is 9.59 Å². The molecule has 1 aromatic carbocycles. The van der Waals surface area contributed by atoms with Crippen molar-refractivity contribution >= 4 is 23.4 Å². The lowest BCUT2D eigenvalue weighted by Crippen LogP contribution is -2.34. The molecule has 1 saturated heterocycles. The highest BCUT2D eigenvalue weighted by Gasteiger charge is 2.34. The fourth-order valence-corrected chi connectivity index (χ4v) is 3.05. The molecule has 5 nitrogen and oxygen atoms in total. The van der Waals surface area contributed by atoms with E-state index in [0.717, 1.165) is 11.3 Å². The Morgan fingerprint density at radius 3 is 2.78 bits per heavy atom. The first-order valence-corrected chi connectivity index (χ1v) is 8.28. The van der Waals surface area contributed by atoms with Gasteiger partial charge in [0.15, 0.2) is 0 Å². The lowest BCUT2D eigenvalue weighted by molar-refractivity contribution is -0.135. The van der Waals surface area contributed by atoms with E-state index in [2.05, 4.69) is 0 Å². The zero-order valence-electron chi connectivity index (χ0n) is 13.8. The van der Waals surface area contributed by atoms with Gasteiger partial charge in [0.05, 0.1) is 12.5 Å². The molecule has 1 aromatic rings. The first kappa shape index (κ1) is 17.6. The third-order valence-electron chi connectivity index (χ3n) is 4.05. The molecule has 1 aliphatic rings. The Bertz CT molecular complexity index is 591. The van der Waals surface area contributed by atoms with Crippen LogP contribution in [0.3, 0.4) is 0 Å². The Kier molecular flexibility index (Phi) is 5.88. The van der Waals surface area contributed by atoms with Crippen molar-refractivity contribution in [2.45, 2.75) is 26.8 Å². The monoisotopic (exact) mass is 338 g/mol. The van der Waals surface area contributed by atoms with Crippen LogP contribution in [0.1, 0.15) is 25.8 Å². The number of amides is 2. The highest BCUT2D eigenvalue weighted by Crippen LogP contribution is 2.26. The van der Waals surface area contributed by atoms with E-state index in [4.69, 9.17) is 16.3 Å². The normalized spacial score (nSPS) is 17.5. The van der Waals surface area contributed by atoms with Crippen molar-refractivity contribution in [3.05, 3.63) is 28.8 Å². The Labute approximate surface area is 142 Å². The fourth-order valence-electron chi connectivity index (χ4n) is 2.86. The molecule has 0 saturated carbocycles. The van der Waals surface area contributed by atoms with E-state index in [-0.39, 0.29) is 17.7 Å². The zero-order chi connectivity index (χ0) is 17.0. The summed E-state index contributed by atoms with van der Waals surface area (Å²) in [4.78, 5) is 27.8. The van der Waals surface area contributed by atoms with Crippen LogP contribution in [-0.2, 0) is 16.1 Å². The fraction of sp³-hybridized carbons (Fsp3) is 0.529. The molecule has 1 unspecified atom stereocenters. The van der Waals surface area contributed by atoms with Gasteiger partial charge in [0.25, 0.3) is 0 Å². The number of hydrogen-bond acceptors (Lipinski definition) is 3. The van der Waals surface area contributed by atoms with E-state index in [1.54, 1.807) is 22.9 Å². The van der Waals surface area contributed by atoms with Crippen LogP contribution in [0.15, 0.2) is 18.2 Å². The summed E-state index contributed by atoms with van der Waals surface area (Å²) in [5, 5.41) is 0.609. The summed E-state index contributed by atoms with van der Waals surface area (Å²) >= 11 is 6.05. The van der Waals surface area contributed by atoms with Gasteiger partial charge in [0.2, 0.25) is 11.8 Å². The standard InChI is InChI=1S/C17H23ClN2O3/c1-4-20-11-13(9-16(20)21)17(22)19(3)10-12-8-14(18)6-7-15(12)23-5-2/h6-8,13H,4-5,9-11H2,1-3H3. The predicted octanol–water partition coefficient (Wildman–Crippen LogP) is 2.57. The number of carbonyl (C=O) groups is 2. The van der Waals surface area contributed by atoms with Crippen LogP contribution in [0.25, 0.3) is 0 Å². The molecule has 0 aliphatic carbocycles. The highest BCUT2D eigenvalue weighted by atomic mass is 35.5. The van der Waals surface area contributed by atoms with Crippen molar-refractivity contribution in [2.24, 2.45) is 5.92 Å². The largest absolute Gasteiger partial charge is 0.494 e. The third kappa shape index (κ3) is 4.16. The lowest BCUT2D eigenvalue weighted by Gasteiger charge is -2.22. The van der Waals surface area contributed by atoms with Crippen LogP contribution in [-0.4, -0.2) is 48.4 Å². The Hall–Kier alpha value is -1.75. The topological polar surface area (TPSA) is 49.9 Å². The van der Waals surface area contributed by atoms with E-state index in [1.807, 2.05) is 26.0 Å². The highest BCUT2D eigenvalue weighted by molar-refractivity contribution is 6.30. The maximum atomic E-state index is 12.6. The van der Waals surface area contributed by atoms with Gasteiger partial charge in [-0.05, 0) is 32.0 Å². The van der Waals surface area contributed by atoms with Crippen molar-refractivity contribution < 1.29 is 14.3 Å². The number of carbonyl (C=O) groups excluding carboxylic acids is 2. The average molecular weight is 339 g/mol.